The zero-order valence-electron chi connectivity index (χ0n) is 12.2. The Kier molecular flexibility index (Phi) is 4.09. The predicted molar refractivity (Wildman–Crippen MR) is 82.5 cm³/mol. The fourth-order valence-electron chi connectivity index (χ4n) is 2.37. The van der Waals surface area contributed by atoms with Crippen LogP contribution in [0.5, 0.6) is 0 Å². The third-order valence-corrected chi connectivity index (χ3v) is 3.08. The summed E-state index contributed by atoms with van der Waals surface area (Å²) in [4.78, 5) is 8.76. The standard InChI is InChI=1S/C15H22N4O/c1-10(2)8-15(3,20)9-17-14-13(16)18-11-6-4-5-7-12(11)19-14/h4-7,10,20H,8-9H2,1-3H3,(H2,16,18)(H,17,19). The molecule has 0 saturated carbocycles. The molecule has 0 fully saturated rings. The summed E-state index contributed by atoms with van der Waals surface area (Å²) in [7, 11) is 0. The highest BCUT2D eigenvalue weighted by atomic mass is 16.3. The maximum absolute atomic E-state index is 10.3. The number of benzene rings is 1. The Morgan fingerprint density at radius 3 is 2.45 bits per heavy atom. The van der Waals surface area contributed by atoms with E-state index in [1.807, 2.05) is 31.2 Å². The second-order valence-corrected chi connectivity index (χ2v) is 5.89. The van der Waals surface area contributed by atoms with Crippen molar-refractivity contribution in [2.75, 3.05) is 17.6 Å². The van der Waals surface area contributed by atoms with Crippen LogP contribution < -0.4 is 11.1 Å². The summed E-state index contributed by atoms with van der Waals surface area (Å²) in [6.45, 7) is 6.37. The van der Waals surface area contributed by atoms with E-state index < -0.39 is 5.60 Å². The average Bonchev–Trinajstić information content (AvgIpc) is 2.34. The maximum Gasteiger partial charge on any atom is 0.169 e. The van der Waals surface area contributed by atoms with Crippen molar-refractivity contribution in [3.8, 4) is 0 Å². The molecular formula is C15H22N4O. The van der Waals surface area contributed by atoms with Crippen LogP contribution in [-0.2, 0) is 0 Å². The molecule has 0 aliphatic rings. The van der Waals surface area contributed by atoms with Crippen molar-refractivity contribution in [3.05, 3.63) is 24.3 Å². The number of hydrogen-bond acceptors (Lipinski definition) is 5. The molecule has 0 amide bonds. The molecule has 0 radical (unpaired) electrons. The van der Waals surface area contributed by atoms with Gasteiger partial charge in [-0.2, -0.15) is 0 Å². The molecule has 5 nitrogen and oxygen atoms in total. The summed E-state index contributed by atoms with van der Waals surface area (Å²) in [6.07, 6.45) is 0.709. The molecule has 20 heavy (non-hydrogen) atoms. The van der Waals surface area contributed by atoms with Gasteiger partial charge in [-0.25, -0.2) is 9.97 Å². The van der Waals surface area contributed by atoms with Gasteiger partial charge in [0.15, 0.2) is 11.6 Å². The summed E-state index contributed by atoms with van der Waals surface area (Å²) in [6, 6.07) is 7.57. The lowest BCUT2D eigenvalue weighted by Crippen LogP contribution is -2.35. The highest BCUT2D eigenvalue weighted by Crippen LogP contribution is 2.21. The third kappa shape index (κ3) is 3.57. The van der Waals surface area contributed by atoms with Crippen LogP contribution >= 0.6 is 0 Å². The summed E-state index contributed by atoms with van der Waals surface area (Å²) >= 11 is 0. The van der Waals surface area contributed by atoms with Crippen molar-refractivity contribution in [3.63, 3.8) is 0 Å². The van der Waals surface area contributed by atoms with E-state index in [2.05, 4.69) is 29.1 Å². The van der Waals surface area contributed by atoms with Crippen LogP contribution in [0.4, 0.5) is 11.6 Å². The van der Waals surface area contributed by atoms with Gasteiger partial charge in [0.2, 0.25) is 0 Å². The van der Waals surface area contributed by atoms with E-state index in [1.165, 1.54) is 0 Å². The monoisotopic (exact) mass is 274 g/mol. The van der Waals surface area contributed by atoms with Crippen LogP contribution in [0.2, 0.25) is 0 Å². The SMILES string of the molecule is CC(C)CC(C)(O)CNc1nc2ccccc2nc1N. The smallest absolute Gasteiger partial charge is 0.169 e. The first-order valence-corrected chi connectivity index (χ1v) is 6.86. The van der Waals surface area contributed by atoms with Crippen molar-refractivity contribution in [2.45, 2.75) is 32.8 Å². The largest absolute Gasteiger partial charge is 0.388 e. The Balaban J connectivity index is 2.15. The summed E-state index contributed by atoms with van der Waals surface area (Å²) in [5.41, 5.74) is 6.65. The van der Waals surface area contributed by atoms with Gasteiger partial charge in [0.25, 0.3) is 0 Å². The zero-order chi connectivity index (χ0) is 14.8. The van der Waals surface area contributed by atoms with Crippen molar-refractivity contribution in [1.82, 2.24) is 9.97 Å². The molecule has 0 bridgehead atoms. The van der Waals surface area contributed by atoms with Crippen LogP contribution in [0.3, 0.4) is 0 Å². The molecular weight excluding hydrogens is 252 g/mol. The number of anilines is 2. The van der Waals surface area contributed by atoms with E-state index in [0.717, 1.165) is 11.0 Å². The minimum absolute atomic E-state index is 0.351. The number of nitrogens with zero attached hydrogens (tertiary/aromatic N) is 2. The van der Waals surface area contributed by atoms with Crippen molar-refractivity contribution < 1.29 is 5.11 Å². The van der Waals surface area contributed by atoms with Gasteiger partial charge in [0.05, 0.1) is 16.6 Å². The van der Waals surface area contributed by atoms with E-state index in [1.54, 1.807) is 0 Å². The lowest BCUT2D eigenvalue weighted by atomic mass is 9.94. The number of nitrogens with one attached hydrogen (secondary N) is 1. The maximum atomic E-state index is 10.3. The fourth-order valence-corrected chi connectivity index (χ4v) is 2.37. The molecule has 1 aromatic carbocycles. The Hall–Kier alpha value is -1.88. The molecule has 2 aromatic rings. The lowest BCUT2D eigenvalue weighted by Gasteiger charge is -2.26. The van der Waals surface area contributed by atoms with Gasteiger partial charge in [-0.3, -0.25) is 0 Å². The van der Waals surface area contributed by atoms with Gasteiger partial charge in [0.1, 0.15) is 0 Å². The number of aromatic nitrogens is 2. The van der Waals surface area contributed by atoms with E-state index >= 15 is 0 Å². The Morgan fingerprint density at radius 2 is 1.85 bits per heavy atom. The van der Waals surface area contributed by atoms with Gasteiger partial charge < -0.3 is 16.2 Å². The summed E-state index contributed by atoms with van der Waals surface area (Å²) in [5.74, 6) is 1.30. The molecule has 108 valence electrons. The Bertz CT molecular complexity index is 595. The number of rotatable bonds is 5. The quantitative estimate of drug-likeness (QED) is 0.779. The fraction of sp³-hybridized carbons (Fsp3) is 0.467. The van der Waals surface area contributed by atoms with E-state index in [0.29, 0.717) is 30.5 Å². The highest BCUT2D eigenvalue weighted by Gasteiger charge is 2.22. The molecule has 0 saturated heterocycles. The molecule has 0 spiro atoms. The zero-order valence-corrected chi connectivity index (χ0v) is 12.2. The molecule has 0 aliphatic heterocycles. The van der Waals surface area contributed by atoms with Crippen molar-refractivity contribution in [1.29, 1.82) is 0 Å². The minimum Gasteiger partial charge on any atom is -0.388 e. The molecule has 0 aliphatic carbocycles. The van der Waals surface area contributed by atoms with Crippen molar-refractivity contribution >= 4 is 22.7 Å². The molecule has 4 N–H and O–H groups in total. The van der Waals surface area contributed by atoms with Crippen LogP contribution in [0.25, 0.3) is 11.0 Å². The number of nitrogens with two attached hydrogens (primary N) is 1. The second-order valence-electron chi connectivity index (χ2n) is 5.89. The summed E-state index contributed by atoms with van der Waals surface area (Å²) in [5, 5.41) is 13.4. The Labute approximate surface area is 119 Å². The van der Waals surface area contributed by atoms with Gasteiger partial charge >= 0.3 is 0 Å². The van der Waals surface area contributed by atoms with Crippen LogP contribution in [0.15, 0.2) is 24.3 Å². The predicted octanol–water partition coefficient (Wildman–Crippen LogP) is 2.42. The van der Waals surface area contributed by atoms with Crippen LogP contribution in [0, 0.1) is 5.92 Å². The topological polar surface area (TPSA) is 84.1 Å². The van der Waals surface area contributed by atoms with Gasteiger partial charge in [0, 0.05) is 6.54 Å². The molecule has 1 heterocycles. The first-order chi connectivity index (χ1) is 9.37. The van der Waals surface area contributed by atoms with E-state index in [4.69, 9.17) is 5.73 Å². The molecule has 1 aromatic heterocycles. The number of aliphatic hydroxyl groups is 1. The number of nitrogen functional groups attached to an aromatic ring is 1. The minimum atomic E-state index is -0.798. The normalized spacial score (nSPS) is 14.4. The number of fused-ring (bicyclic) bond motifs is 1. The number of hydrogen-bond donors (Lipinski definition) is 3. The van der Waals surface area contributed by atoms with Crippen molar-refractivity contribution in [2.24, 2.45) is 5.92 Å². The lowest BCUT2D eigenvalue weighted by molar-refractivity contribution is 0.0515. The first kappa shape index (κ1) is 14.5. The average molecular weight is 274 g/mol. The van der Waals surface area contributed by atoms with Gasteiger partial charge in [-0.15, -0.1) is 0 Å². The molecule has 1 unspecified atom stereocenters. The first-order valence-electron chi connectivity index (χ1n) is 6.86. The van der Waals surface area contributed by atoms with Gasteiger partial charge in [-0.1, -0.05) is 26.0 Å². The Morgan fingerprint density at radius 1 is 1.25 bits per heavy atom. The molecule has 2 rings (SSSR count). The molecule has 5 heteroatoms. The highest BCUT2D eigenvalue weighted by molar-refractivity contribution is 5.79. The van der Waals surface area contributed by atoms with Gasteiger partial charge in [-0.05, 0) is 31.4 Å². The summed E-state index contributed by atoms with van der Waals surface area (Å²) < 4.78 is 0. The third-order valence-electron chi connectivity index (χ3n) is 3.08. The molecule has 1 atom stereocenters. The van der Waals surface area contributed by atoms with Crippen LogP contribution in [-0.4, -0.2) is 27.2 Å². The van der Waals surface area contributed by atoms with E-state index in [9.17, 15) is 5.11 Å². The number of para-hydroxylation sites is 2. The second kappa shape index (κ2) is 5.63. The van der Waals surface area contributed by atoms with E-state index in [-0.39, 0.29) is 0 Å². The van der Waals surface area contributed by atoms with Crippen LogP contribution in [0.1, 0.15) is 27.2 Å².